The van der Waals surface area contributed by atoms with Crippen LogP contribution in [0.2, 0.25) is 0 Å². The van der Waals surface area contributed by atoms with E-state index in [-0.39, 0.29) is 5.91 Å². The molecular formula is C20H23N3O2S. The van der Waals surface area contributed by atoms with E-state index in [9.17, 15) is 4.79 Å². The molecule has 0 radical (unpaired) electrons. The normalized spacial score (nSPS) is 14.9. The molecule has 6 heteroatoms. The van der Waals surface area contributed by atoms with E-state index in [1.807, 2.05) is 36.4 Å². The van der Waals surface area contributed by atoms with E-state index < -0.39 is 6.10 Å². The van der Waals surface area contributed by atoms with E-state index in [1.54, 1.807) is 0 Å². The monoisotopic (exact) mass is 369 g/mol. The first kappa shape index (κ1) is 18.2. The van der Waals surface area contributed by atoms with Gasteiger partial charge in [-0.3, -0.25) is 15.6 Å². The van der Waals surface area contributed by atoms with E-state index in [1.165, 1.54) is 18.4 Å². The zero-order chi connectivity index (χ0) is 18.4. The second-order valence-corrected chi connectivity index (χ2v) is 6.70. The van der Waals surface area contributed by atoms with Crippen molar-refractivity contribution in [2.24, 2.45) is 0 Å². The molecule has 0 aliphatic carbocycles. The Balaban J connectivity index is 1.43. The number of rotatable bonds is 5. The molecule has 1 atom stereocenters. The number of hydrazine groups is 1. The number of unbranched alkanes of at least 4 members (excludes halogenated alkanes) is 1. The molecule has 1 aliphatic rings. The van der Waals surface area contributed by atoms with Crippen LogP contribution in [-0.2, 0) is 17.6 Å². The van der Waals surface area contributed by atoms with E-state index in [0.29, 0.717) is 11.5 Å². The van der Waals surface area contributed by atoms with E-state index in [0.717, 1.165) is 23.4 Å². The maximum Gasteiger partial charge on any atom is 0.279 e. The van der Waals surface area contributed by atoms with Gasteiger partial charge in [-0.2, -0.15) is 0 Å². The van der Waals surface area contributed by atoms with Gasteiger partial charge in [0.2, 0.25) is 0 Å². The topological polar surface area (TPSA) is 62.4 Å². The van der Waals surface area contributed by atoms with Crippen molar-refractivity contribution < 1.29 is 9.53 Å². The zero-order valence-corrected chi connectivity index (χ0v) is 15.6. The van der Waals surface area contributed by atoms with Crippen molar-refractivity contribution in [3.63, 3.8) is 0 Å². The number of thiocarbonyl (C=S) groups is 1. The van der Waals surface area contributed by atoms with E-state index in [4.69, 9.17) is 17.0 Å². The first-order valence-electron chi connectivity index (χ1n) is 8.86. The number of benzene rings is 2. The summed E-state index contributed by atoms with van der Waals surface area (Å²) in [6.45, 7) is 2.18. The van der Waals surface area contributed by atoms with Crippen LogP contribution in [0.25, 0.3) is 0 Å². The molecule has 0 saturated heterocycles. The molecule has 5 nitrogen and oxygen atoms in total. The van der Waals surface area contributed by atoms with E-state index in [2.05, 4.69) is 35.2 Å². The summed E-state index contributed by atoms with van der Waals surface area (Å²) in [5.41, 5.74) is 8.55. The van der Waals surface area contributed by atoms with Gasteiger partial charge in [-0.05, 0) is 54.4 Å². The van der Waals surface area contributed by atoms with Crippen LogP contribution in [0.3, 0.4) is 0 Å². The lowest BCUT2D eigenvalue weighted by molar-refractivity contribution is -0.127. The molecule has 1 heterocycles. The molecule has 0 saturated carbocycles. The molecule has 3 N–H and O–H groups in total. The maximum absolute atomic E-state index is 12.2. The fraction of sp³-hybridized carbons (Fsp3) is 0.300. The van der Waals surface area contributed by atoms with Crippen LogP contribution in [-0.4, -0.2) is 17.1 Å². The summed E-state index contributed by atoms with van der Waals surface area (Å²) in [5.74, 6) is 0.511. The lowest BCUT2D eigenvalue weighted by Gasteiger charge is -2.14. The van der Waals surface area contributed by atoms with Gasteiger partial charge in [0.25, 0.3) is 5.91 Å². The predicted octanol–water partition coefficient (Wildman–Crippen LogP) is 3.35. The van der Waals surface area contributed by atoms with Gasteiger partial charge < -0.3 is 10.1 Å². The minimum Gasteiger partial charge on any atom is -0.480 e. The fourth-order valence-corrected chi connectivity index (χ4v) is 2.99. The van der Waals surface area contributed by atoms with Gasteiger partial charge in [0.1, 0.15) is 5.75 Å². The third kappa shape index (κ3) is 4.73. The van der Waals surface area contributed by atoms with Crippen LogP contribution in [0.1, 0.15) is 30.9 Å². The Hall–Kier alpha value is -2.60. The molecule has 3 rings (SSSR count). The Morgan fingerprint density at radius 1 is 1.15 bits per heavy atom. The van der Waals surface area contributed by atoms with Crippen LogP contribution >= 0.6 is 12.2 Å². The number of anilines is 1. The number of ether oxygens (including phenoxy) is 1. The second-order valence-electron chi connectivity index (χ2n) is 6.29. The number of hydrogen-bond acceptors (Lipinski definition) is 3. The molecule has 0 bridgehead atoms. The standard InChI is InChI=1S/C20H23N3O2S/c1-2-3-6-14-9-11-16(12-10-14)21-20(26)23-22-19(24)18-13-15-7-4-5-8-17(15)25-18/h4-5,7-12,18H,2-3,6,13H2,1H3,(H,22,24)(H2,21,23,26)/t18-/m0/s1. The van der Waals surface area contributed by atoms with Crippen molar-refractivity contribution in [2.45, 2.75) is 38.7 Å². The van der Waals surface area contributed by atoms with Crippen molar-refractivity contribution in [2.75, 3.05) is 5.32 Å². The van der Waals surface area contributed by atoms with Crippen LogP contribution in [0.5, 0.6) is 5.75 Å². The summed E-state index contributed by atoms with van der Waals surface area (Å²) in [6.07, 6.45) is 3.47. The van der Waals surface area contributed by atoms with Crippen LogP contribution < -0.4 is 20.9 Å². The number of nitrogens with one attached hydrogen (secondary N) is 3. The number of amides is 1. The summed E-state index contributed by atoms with van der Waals surface area (Å²) in [4.78, 5) is 12.2. The smallest absolute Gasteiger partial charge is 0.279 e. The first-order valence-corrected chi connectivity index (χ1v) is 9.27. The Labute approximate surface area is 159 Å². The van der Waals surface area contributed by atoms with Gasteiger partial charge in [-0.15, -0.1) is 0 Å². The largest absolute Gasteiger partial charge is 0.480 e. The molecule has 26 heavy (non-hydrogen) atoms. The number of para-hydroxylation sites is 1. The van der Waals surface area contributed by atoms with Gasteiger partial charge in [0, 0.05) is 12.1 Å². The van der Waals surface area contributed by atoms with Gasteiger partial charge in [-0.1, -0.05) is 43.7 Å². The molecular weight excluding hydrogens is 346 g/mol. The lowest BCUT2D eigenvalue weighted by atomic mass is 10.1. The summed E-state index contributed by atoms with van der Waals surface area (Å²) in [7, 11) is 0. The number of carbonyl (C=O) groups is 1. The molecule has 2 aromatic carbocycles. The Kier molecular flexibility index (Phi) is 6.07. The van der Waals surface area contributed by atoms with Gasteiger partial charge in [0.15, 0.2) is 11.2 Å². The highest BCUT2D eigenvalue weighted by molar-refractivity contribution is 7.80. The maximum atomic E-state index is 12.2. The highest BCUT2D eigenvalue weighted by Gasteiger charge is 2.28. The summed E-state index contributed by atoms with van der Waals surface area (Å²) in [6, 6.07) is 15.8. The Morgan fingerprint density at radius 2 is 1.92 bits per heavy atom. The Bertz CT molecular complexity index is 752. The predicted molar refractivity (Wildman–Crippen MR) is 107 cm³/mol. The van der Waals surface area contributed by atoms with Crippen molar-refractivity contribution in [1.29, 1.82) is 0 Å². The van der Waals surface area contributed by atoms with Crippen LogP contribution in [0.15, 0.2) is 48.5 Å². The SMILES string of the molecule is CCCCc1ccc(NC(=S)NNC(=O)[C@@H]2Cc3ccccc3O2)cc1. The average molecular weight is 369 g/mol. The molecule has 2 aromatic rings. The van der Waals surface area contributed by atoms with Gasteiger partial charge in [-0.25, -0.2) is 0 Å². The van der Waals surface area contributed by atoms with Crippen molar-refractivity contribution >= 4 is 28.9 Å². The average Bonchev–Trinajstić information content (AvgIpc) is 3.10. The second kappa shape index (κ2) is 8.67. The molecule has 0 fully saturated rings. The fourth-order valence-electron chi connectivity index (χ4n) is 2.83. The minimum atomic E-state index is -0.541. The highest BCUT2D eigenvalue weighted by atomic mass is 32.1. The number of fused-ring (bicyclic) bond motifs is 1. The summed E-state index contributed by atoms with van der Waals surface area (Å²) in [5, 5.41) is 3.38. The number of carbonyl (C=O) groups excluding carboxylic acids is 1. The van der Waals surface area contributed by atoms with Crippen molar-refractivity contribution in [1.82, 2.24) is 10.9 Å². The molecule has 0 spiro atoms. The zero-order valence-electron chi connectivity index (χ0n) is 14.7. The van der Waals surface area contributed by atoms with Crippen LogP contribution in [0, 0.1) is 0 Å². The highest BCUT2D eigenvalue weighted by Crippen LogP contribution is 2.27. The van der Waals surface area contributed by atoms with Gasteiger partial charge in [0.05, 0.1) is 0 Å². The quantitative estimate of drug-likeness (QED) is 0.557. The van der Waals surface area contributed by atoms with E-state index >= 15 is 0 Å². The van der Waals surface area contributed by atoms with Crippen molar-refractivity contribution in [3.8, 4) is 5.75 Å². The van der Waals surface area contributed by atoms with Crippen LogP contribution in [0.4, 0.5) is 5.69 Å². The summed E-state index contributed by atoms with van der Waals surface area (Å²) >= 11 is 5.22. The minimum absolute atomic E-state index is 0.250. The van der Waals surface area contributed by atoms with Crippen molar-refractivity contribution in [3.05, 3.63) is 59.7 Å². The molecule has 1 amide bonds. The Morgan fingerprint density at radius 3 is 2.65 bits per heavy atom. The molecule has 136 valence electrons. The third-order valence-corrected chi connectivity index (χ3v) is 4.47. The summed E-state index contributed by atoms with van der Waals surface area (Å²) < 4.78 is 5.65. The van der Waals surface area contributed by atoms with Gasteiger partial charge >= 0.3 is 0 Å². The lowest BCUT2D eigenvalue weighted by Crippen LogP contribution is -2.49. The number of hydrogen-bond donors (Lipinski definition) is 3. The molecule has 0 aromatic heterocycles. The first-order chi connectivity index (χ1) is 12.7. The third-order valence-electron chi connectivity index (χ3n) is 4.27. The number of aryl methyl sites for hydroxylation is 1. The molecule has 0 unspecified atom stereocenters. The molecule has 1 aliphatic heterocycles.